The number of piperidine rings is 1. The van der Waals surface area contributed by atoms with Crippen molar-refractivity contribution in [1.82, 2.24) is 15.3 Å². The van der Waals surface area contributed by atoms with E-state index in [0.29, 0.717) is 12.4 Å². The number of ether oxygens (including phenoxy) is 2. The van der Waals surface area contributed by atoms with Crippen LogP contribution < -0.4 is 19.7 Å². The molecule has 2 aliphatic rings. The highest BCUT2D eigenvalue weighted by Gasteiger charge is 2.26. The third-order valence-electron chi connectivity index (χ3n) is 4.91. The molecule has 0 aliphatic carbocycles. The molecule has 0 aromatic carbocycles. The van der Waals surface area contributed by atoms with E-state index in [4.69, 9.17) is 14.5 Å². The van der Waals surface area contributed by atoms with Crippen molar-refractivity contribution in [2.24, 2.45) is 0 Å². The summed E-state index contributed by atoms with van der Waals surface area (Å²) >= 11 is 0. The number of carbonyl (C=O) groups excluding carboxylic acids is 1. The van der Waals surface area contributed by atoms with Gasteiger partial charge in [0.25, 0.3) is 5.91 Å². The van der Waals surface area contributed by atoms with Crippen LogP contribution in [0.1, 0.15) is 34.5 Å². The number of rotatable bonds is 4. The van der Waals surface area contributed by atoms with E-state index in [2.05, 4.69) is 15.2 Å². The van der Waals surface area contributed by atoms with Crippen LogP contribution in [-0.2, 0) is 6.54 Å². The molecule has 0 unspecified atom stereocenters. The third kappa shape index (κ3) is 3.16. The number of aryl methyl sites for hydroxylation is 1. The Morgan fingerprint density at radius 1 is 1.27 bits per heavy atom. The van der Waals surface area contributed by atoms with Crippen LogP contribution in [0.5, 0.6) is 11.6 Å². The average Bonchev–Trinajstić information content (AvgIpc) is 3.04. The van der Waals surface area contributed by atoms with Crippen LogP contribution in [0.25, 0.3) is 0 Å². The molecule has 1 amide bonds. The fraction of sp³-hybridized carbons (Fsp3) is 0.421. The molecule has 2 aliphatic heterocycles. The minimum Gasteiger partial charge on any atom is -0.489 e. The second kappa shape index (κ2) is 6.82. The smallest absolute Gasteiger partial charge is 0.253 e. The predicted molar refractivity (Wildman–Crippen MR) is 96.8 cm³/mol. The Hall–Kier alpha value is -2.83. The first-order valence-corrected chi connectivity index (χ1v) is 8.84. The van der Waals surface area contributed by atoms with Crippen LogP contribution in [0.15, 0.2) is 24.4 Å². The molecule has 4 heterocycles. The van der Waals surface area contributed by atoms with Crippen LogP contribution in [0.4, 0.5) is 5.82 Å². The van der Waals surface area contributed by atoms with Gasteiger partial charge in [-0.3, -0.25) is 4.79 Å². The number of carbonyl (C=O) groups is 1. The Labute approximate surface area is 152 Å². The number of hydrogen-bond acceptors (Lipinski definition) is 6. The lowest BCUT2D eigenvalue weighted by Gasteiger charge is -2.33. The molecule has 0 radical (unpaired) electrons. The van der Waals surface area contributed by atoms with Crippen LogP contribution in [0.2, 0.25) is 0 Å². The molecule has 0 spiro atoms. The van der Waals surface area contributed by atoms with Crippen molar-refractivity contribution in [3.05, 3.63) is 41.2 Å². The molecule has 0 saturated carbocycles. The number of nitrogens with one attached hydrogen (secondary N) is 1. The van der Waals surface area contributed by atoms with Crippen LogP contribution in [0, 0.1) is 6.92 Å². The first kappa shape index (κ1) is 16.6. The summed E-state index contributed by atoms with van der Waals surface area (Å²) in [5, 5.41) is 2.84. The zero-order chi connectivity index (χ0) is 18.1. The lowest BCUT2D eigenvalue weighted by atomic mass is 10.1. The highest BCUT2D eigenvalue weighted by atomic mass is 16.5. The molecule has 0 atom stereocenters. The number of hydrogen-bond donors (Lipinski definition) is 1. The normalized spacial score (nSPS) is 17.0. The second-order valence-corrected chi connectivity index (χ2v) is 6.64. The largest absolute Gasteiger partial charge is 0.489 e. The number of anilines is 1. The summed E-state index contributed by atoms with van der Waals surface area (Å²) < 4.78 is 11.1. The molecular weight excluding hydrogens is 332 g/mol. The summed E-state index contributed by atoms with van der Waals surface area (Å²) in [5.74, 6) is 2.28. The zero-order valence-corrected chi connectivity index (χ0v) is 15.0. The Bertz CT molecular complexity index is 814. The summed E-state index contributed by atoms with van der Waals surface area (Å²) in [6.45, 7) is 4.25. The number of methoxy groups -OCH3 is 1. The first-order valence-electron chi connectivity index (χ1n) is 8.84. The summed E-state index contributed by atoms with van der Waals surface area (Å²) in [6, 6.07) is 5.70. The van der Waals surface area contributed by atoms with Gasteiger partial charge < -0.3 is 19.7 Å². The minimum atomic E-state index is -0.0169. The summed E-state index contributed by atoms with van der Waals surface area (Å²) in [7, 11) is 1.60. The summed E-state index contributed by atoms with van der Waals surface area (Å²) in [5.41, 5.74) is 2.58. The number of fused-ring (bicyclic) bond motifs is 1. The van der Waals surface area contributed by atoms with E-state index in [9.17, 15) is 4.79 Å². The van der Waals surface area contributed by atoms with Crippen molar-refractivity contribution in [2.45, 2.75) is 32.4 Å². The van der Waals surface area contributed by atoms with E-state index in [0.717, 1.165) is 54.3 Å². The Kier molecular flexibility index (Phi) is 4.36. The third-order valence-corrected chi connectivity index (χ3v) is 4.91. The van der Waals surface area contributed by atoms with E-state index in [1.165, 1.54) is 0 Å². The number of pyridine rings is 2. The van der Waals surface area contributed by atoms with Gasteiger partial charge in [0.05, 0.1) is 31.1 Å². The number of aromatic nitrogens is 2. The van der Waals surface area contributed by atoms with E-state index >= 15 is 0 Å². The van der Waals surface area contributed by atoms with Gasteiger partial charge in [-0.2, -0.15) is 0 Å². The van der Waals surface area contributed by atoms with Crippen molar-refractivity contribution >= 4 is 11.7 Å². The standard InChI is InChI=1S/C19H22N4O3/c1-12-9-16(22-15-11-21-19(24)18(12)15)23-7-5-13(6-8-23)26-14-3-4-17(25-2)20-10-14/h3-4,9-10,13H,5-8,11H2,1-2H3,(H,21,24). The summed E-state index contributed by atoms with van der Waals surface area (Å²) in [4.78, 5) is 23.0. The SMILES string of the molecule is COc1ccc(OC2CCN(c3cc(C)c4c(n3)CNC4=O)CC2)cn1. The van der Waals surface area contributed by atoms with Crippen molar-refractivity contribution < 1.29 is 14.3 Å². The Balaban J connectivity index is 1.39. The monoisotopic (exact) mass is 354 g/mol. The molecule has 136 valence electrons. The van der Waals surface area contributed by atoms with Crippen LogP contribution in [-0.4, -0.2) is 42.2 Å². The van der Waals surface area contributed by atoms with Gasteiger partial charge in [0.1, 0.15) is 17.7 Å². The molecular formula is C19H22N4O3. The maximum Gasteiger partial charge on any atom is 0.253 e. The van der Waals surface area contributed by atoms with Gasteiger partial charge in [-0.1, -0.05) is 0 Å². The molecule has 2 aromatic rings. The average molecular weight is 354 g/mol. The lowest BCUT2D eigenvalue weighted by molar-refractivity contribution is 0.0965. The highest BCUT2D eigenvalue weighted by molar-refractivity contribution is 5.99. The molecule has 4 rings (SSSR count). The second-order valence-electron chi connectivity index (χ2n) is 6.64. The molecule has 7 nitrogen and oxygen atoms in total. The summed E-state index contributed by atoms with van der Waals surface area (Å²) in [6.07, 6.45) is 3.70. The van der Waals surface area contributed by atoms with E-state index < -0.39 is 0 Å². The lowest BCUT2D eigenvalue weighted by Crippen LogP contribution is -2.38. The molecule has 7 heteroatoms. The quantitative estimate of drug-likeness (QED) is 0.906. The van der Waals surface area contributed by atoms with Crippen molar-refractivity contribution in [1.29, 1.82) is 0 Å². The van der Waals surface area contributed by atoms with E-state index in [-0.39, 0.29) is 12.0 Å². The van der Waals surface area contributed by atoms with Gasteiger partial charge in [-0.15, -0.1) is 0 Å². The fourth-order valence-corrected chi connectivity index (χ4v) is 3.52. The fourth-order valence-electron chi connectivity index (χ4n) is 3.52. The Morgan fingerprint density at radius 2 is 2.08 bits per heavy atom. The molecule has 1 N–H and O–H groups in total. The number of nitrogens with zero attached hydrogens (tertiary/aromatic N) is 3. The molecule has 0 bridgehead atoms. The van der Waals surface area contributed by atoms with Gasteiger partial charge in [-0.05, 0) is 24.6 Å². The van der Waals surface area contributed by atoms with Gasteiger partial charge in [0.15, 0.2) is 0 Å². The highest BCUT2D eigenvalue weighted by Crippen LogP contribution is 2.26. The van der Waals surface area contributed by atoms with Gasteiger partial charge in [0.2, 0.25) is 5.88 Å². The predicted octanol–water partition coefficient (Wildman–Crippen LogP) is 2.08. The zero-order valence-electron chi connectivity index (χ0n) is 15.0. The Morgan fingerprint density at radius 3 is 2.77 bits per heavy atom. The topological polar surface area (TPSA) is 76.6 Å². The van der Waals surface area contributed by atoms with Gasteiger partial charge in [0, 0.05) is 32.0 Å². The number of amides is 1. The van der Waals surface area contributed by atoms with Crippen molar-refractivity contribution in [3.63, 3.8) is 0 Å². The molecule has 26 heavy (non-hydrogen) atoms. The maximum atomic E-state index is 11.8. The molecule has 1 saturated heterocycles. The van der Waals surface area contributed by atoms with Gasteiger partial charge >= 0.3 is 0 Å². The van der Waals surface area contributed by atoms with Crippen LogP contribution in [0.3, 0.4) is 0 Å². The van der Waals surface area contributed by atoms with Crippen LogP contribution >= 0.6 is 0 Å². The van der Waals surface area contributed by atoms with Crippen molar-refractivity contribution in [2.75, 3.05) is 25.1 Å². The van der Waals surface area contributed by atoms with E-state index in [1.54, 1.807) is 19.4 Å². The molecule has 2 aromatic heterocycles. The molecule has 1 fully saturated rings. The van der Waals surface area contributed by atoms with E-state index in [1.807, 2.05) is 19.1 Å². The minimum absolute atomic E-state index is 0.0169. The first-order chi connectivity index (χ1) is 12.6. The van der Waals surface area contributed by atoms with Gasteiger partial charge in [-0.25, -0.2) is 9.97 Å². The van der Waals surface area contributed by atoms with Crippen molar-refractivity contribution in [3.8, 4) is 11.6 Å². The maximum absolute atomic E-state index is 11.8.